The van der Waals surface area contributed by atoms with Crippen molar-refractivity contribution in [2.24, 2.45) is 10.9 Å². The first-order valence-electron chi connectivity index (χ1n) is 9.34. The van der Waals surface area contributed by atoms with E-state index in [4.69, 9.17) is 4.74 Å². The van der Waals surface area contributed by atoms with Crippen LogP contribution in [-0.2, 0) is 11.3 Å². The third kappa shape index (κ3) is 6.31. The number of ether oxygens (including phenoxy) is 1. The number of thiazole rings is 1. The van der Waals surface area contributed by atoms with E-state index in [1.807, 2.05) is 7.05 Å². The summed E-state index contributed by atoms with van der Waals surface area (Å²) in [7, 11) is 1.84. The molecule has 1 unspecified atom stereocenters. The number of aromatic nitrogens is 1. The van der Waals surface area contributed by atoms with E-state index in [0.717, 1.165) is 55.4 Å². The summed E-state index contributed by atoms with van der Waals surface area (Å²) in [5.74, 6) is 1.64. The standard InChI is InChI=1S/C18H31N5OS.HI/c1-13-17(25-14(2)21-13)10-20-18(19-3)22-16-4-7-23(8-5-16)11-15-6-9-24-12-15;/h15-16H,4-12H2,1-3H3,(H2,19,20,22);1H. The third-order valence-electron chi connectivity index (χ3n) is 5.11. The number of guanidine groups is 1. The van der Waals surface area contributed by atoms with Crippen molar-refractivity contribution in [3.63, 3.8) is 0 Å². The predicted octanol–water partition coefficient (Wildman–Crippen LogP) is 2.54. The summed E-state index contributed by atoms with van der Waals surface area (Å²) in [4.78, 5) is 12.7. The van der Waals surface area contributed by atoms with Crippen LogP contribution in [0.3, 0.4) is 0 Å². The average molecular weight is 493 g/mol. The fourth-order valence-corrected chi connectivity index (χ4v) is 4.52. The van der Waals surface area contributed by atoms with Crippen LogP contribution < -0.4 is 10.6 Å². The van der Waals surface area contributed by atoms with Crippen LogP contribution in [0.4, 0.5) is 0 Å². The van der Waals surface area contributed by atoms with Gasteiger partial charge in [0.05, 0.1) is 23.9 Å². The number of hydrogen-bond donors (Lipinski definition) is 2. The first-order valence-corrected chi connectivity index (χ1v) is 10.2. The molecule has 2 fully saturated rings. The summed E-state index contributed by atoms with van der Waals surface area (Å²) in [6.45, 7) is 10.3. The molecule has 0 spiro atoms. The summed E-state index contributed by atoms with van der Waals surface area (Å²) in [6.07, 6.45) is 3.57. The normalized spacial score (nSPS) is 22.3. The summed E-state index contributed by atoms with van der Waals surface area (Å²) < 4.78 is 5.49. The van der Waals surface area contributed by atoms with E-state index in [9.17, 15) is 0 Å². The number of nitrogens with one attached hydrogen (secondary N) is 2. The quantitative estimate of drug-likeness (QED) is 0.375. The number of likely N-dealkylation sites (tertiary alicyclic amines) is 1. The van der Waals surface area contributed by atoms with Gasteiger partial charge < -0.3 is 20.3 Å². The van der Waals surface area contributed by atoms with Gasteiger partial charge in [-0.15, -0.1) is 35.3 Å². The molecule has 0 amide bonds. The van der Waals surface area contributed by atoms with Gasteiger partial charge in [0.25, 0.3) is 0 Å². The van der Waals surface area contributed by atoms with Gasteiger partial charge in [-0.05, 0) is 39.0 Å². The molecule has 2 aliphatic heterocycles. The van der Waals surface area contributed by atoms with Crippen LogP contribution in [0.1, 0.15) is 34.8 Å². The first-order chi connectivity index (χ1) is 12.1. The molecule has 1 aromatic rings. The molecular formula is C18H32IN5OS. The zero-order valence-electron chi connectivity index (χ0n) is 16.1. The molecule has 1 atom stereocenters. The van der Waals surface area contributed by atoms with Crippen LogP contribution in [0.5, 0.6) is 0 Å². The minimum atomic E-state index is 0. The van der Waals surface area contributed by atoms with Crippen LogP contribution in [0, 0.1) is 19.8 Å². The Bertz CT molecular complexity index is 580. The molecular weight excluding hydrogens is 461 g/mol. The highest BCUT2D eigenvalue weighted by atomic mass is 127. The maximum absolute atomic E-state index is 5.49. The number of hydrogen-bond acceptors (Lipinski definition) is 5. The van der Waals surface area contributed by atoms with Gasteiger partial charge in [0.2, 0.25) is 0 Å². The summed E-state index contributed by atoms with van der Waals surface area (Å²) in [5.41, 5.74) is 1.12. The number of rotatable bonds is 5. The molecule has 8 heteroatoms. The zero-order chi connectivity index (χ0) is 17.6. The fourth-order valence-electron chi connectivity index (χ4n) is 3.64. The van der Waals surface area contributed by atoms with E-state index in [1.165, 1.54) is 30.7 Å². The van der Waals surface area contributed by atoms with Gasteiger partial charge >= 0.3 is 0 Å². The molecule has 3 heterocycles. The van der Waals surface area contributed by atoms with Gasteiger partial charge in [0.15, 0.2) is 5.96 Å². The number of halogens is 1. The zero-order valence-corrected chi connectivity index (χ0v) is 19.2. The van der Waals surface area contributed by atoms with Gasteiger partial charge in [-0.3, -0.25) is 4.99 Å². The van der Waals surface area contributed by atoms with Crippen molar-refractivity contribution in [3.8, 4) is 0 Å². The van der Waals surface area contributed by atoms with Crippen molar-refractivity contribution < 1.29 is 4.74 Å². The molecule has 0 aromatic carbocycles. The van der Waals surface area contributed by atoms with Crippen molar-refractivity contribution in [2.45, 2.75) is 45.7 Å². The lowest BCUT2D eigenvalue weighted by Crippen LogP contribution is -2.49. The van der Waals surface area contributed by atoms with Crippen molar-refractivity contribution in [3.05, 3.63) is 15.6 Å². The lowest BCUT2D eigenvalue weighted by molar-refractivity contribution is 0.150. The number of nitrogens with zero attached hydrogens (tertiary/aromatic N) is 3. The van der Waals surface area contributed by atoms with Crippen molar-refractivity contribution >= 4 is 41.3 Å². The maximum Gasteiger partial charge on any atom is 0.191 e. The topological polar surface area (TPSA) is 61.8 Å². The summed E-state index contributed by atoms with van der Waals surface area (Å²) in [6, 6.07) is 0.506. The smallest absolute Gasteiger partial charge is 0.191 e. The fraction of sp³-hybridized carbons (Fsp3) is 0.778. The number of aliphatic imine (C=N–C) groups is 1. The van der Waals surface area contributed by atoms with Gasteiger partial charge in [0.1, 0.15) is 0 Å². The Labute approximate surface area is 178 Å². The molecule has 0 radical (unpaired) electrons. The Kier molecular flexibility index (Phi) is 9.05. The van der Waals surface area contributed by atoms with E-state index in [0.29, 0.717) is 6.04 Å². The van der Waals surface area contributed by atoms with Crippen LogP contribution in [-0.4, -0.2) is 61.8 Å². The minimum absolute atomic E-state index is 0. The molecule has 6 nitrogen and oxygen atoms in total. The molecule has 26 heavy (non-hydrogen) atoms. The number of aryl methyl sites for hydroxylation is 2. The Morgan fingerprint density at radius 2 is 2.08 bits per heavy atom. The van der Waals surface area contributed by atoms with Crippen LogP contribution >= 0.6 is 35.3 Å². The molecule has 2 N–H and O–H groups in total. The monoisotopic (exact) mass is 493 g/mol. The largest absolute Gasteiger partial charge is 0.381 e. The second-order valence-corrected chi connectivity index (χ2v) is 8.40. The average Bonchev–Trinajstić information content (AvgIpc) is 3.22. The second-order valence-electron chi connectivity index (χ2n) is 7.12. The maximum atomic E-state index is 5.49. The molecule has 2 aliphatic rings. The molecule has 3 rings (SSSR count). The molecule has 0 saturated carbocycles. The van der Waals surface area contributed by atoms with Gasteiger partial charge in [-0.2, -0.15) is 0 Å². The Morgan fingerprint density at radius 1 is 1.31 bits per heavy atom. The van der Waals surface area contributed by atoms with E-state index in [1.54, 1.807) is 11.3 Å². The van der Waals surface area contributed by atoms with Crippen LogP contribution in [0.25, 0.3) is 0 Å². The van der Waals surface area contributed by atoms with E-state index >= 15 is 0 Å². The molecule has 1 aromatic heterocycles. The van der Waals surface area contributed by atoms with E-state index in [2.05, 4.69) is 39.4 Å². The Morgan fingerprint density at radius 3 is 2.65 bits per heavy atom. The van der Waals surface area contributed by atoms with Crippen LogP contribution in [0.2, 0.25) is 0 Å². The van der Waals surface area contributed by atoms with Gasteiger partial charge in [0, 0.05) is 44.2 Å². The highest BCUT2D eigenvalue weighted by molar-refractivity contribution is 14.0. The number of piperidine rings is 1. The molecule has 0 bridgehead atoms. The van der Waals surface area contributed by atoms with E-state index < -0.39 is 0 Å². The highest BCUT2D eigenvalue weighted by Gasteiger charge is 2.24. The Hall–Kier alpha value is -0.450. The first kappa shape index (κ1) is 21.8. The second kappa shape index (κ2) is 10.8. The SMILES string of the molecule is CN=C(NCc1sc(C)nc1C)NC1CCN(CC2CCOC2)CC1.I. The van der Waals surface area contributed by atoms with E-state index in [-0.39, 0.29) is 24.0 Å². The van der Waals surface area contributed by atoms with Gasteiger partial charge in [-0.1, -0.05) is 0 Å². The molecule has 148 valence electrons. The minimum Gasteiger partial charge on any atom is -0.381 e. The predicted molar refractivity (Wildman–Crippen MR) is 119 cm³/mol. The van der Waals surface area contributed by atoms with Crippen molar-refractivity contribution in [1.29, 1.82) is 0 Å². The van der Waals surface area contributed by atoms with Crippen molar-refractivity contribution in [2.75, 3.05) is 39.9 Å². The van der Waals surface area contributed by atoms with Crippen LogP contribution in [0.15, 0.2) is 4.99 Å². The van der Waals surface area contributed by atoms with Gasteiger partial charge in [-0.25, -0.2) is 4.98 Å². The lowest BCUT2D eigenvalue weighted by atomic mass is 10.0. The molecule has 0 aliphatic carbocycles. The molecule has 2 saturated heterocycles. The third-order valence-corrected chi connectivity index (χ3v) is 6.18. The highest BCUT2D eigenvalue weighted by Crippen LogP contribution is 2.18. The van der Waals surface area contributed by atoms with Crippen molar-refractivity contribution in [1.82, 2.24) is 20.5 Å². The Balaban J connectivity index is 0.00000243. The lowest BCUT2D eigenvalue weighted by Gasteiger charge is -2.34. The summed E-state index contributed by atoms with van der Waals surface area (Å²) >= 11 is 1.75. The summed E-state index contributed by atoms with van der Waals surface area (Å²) in [5, 5.41) is 8.15.